The fourth-order valence-corrected chi connectivity index (χ4v) is 2.79. The zero-order valence-corrected chi connectivity index (χ0v) is 11.2. The number of rotatable bonds is 7. The summed E-state index contributed by atoms with van der Waals surface area (Å²) in [7, 11) is 0. The first-order valence-electron chi connectivity index (χ1n) is 6.07. The molecule has 2 nitrogen and oxygen atoms in total. The fraction of sp³-hybridized carbons (Fsp3) is 1.00. The fourth-order valence-electron chi connectivity index (χ4n) is 1.93. The van der Waals surface area contributed by atoms with Crippen molar-refractivity contribution in [1.29, 1.82) is 0 Å². The number of hydrogen-bond acceptors (Lipinski definition) is 3. The second-order valence-corrected chi connectivity index (χ2v) is 6.18. The van der Waals surface area contributed by atoms with Crippen molar-refractivity contribution in [3.05, 3.63) is 0 Å². The summed E-state index contributed by atoms with van der Waals surface area (Å²) in [5.41, 5.74) is 0.423. The molecule has 1 aliphatic rings. The molecule has 1 fully saturated rings. The Bertz CT molecular complexity index is 167. The Morgan fingerprint density at radius 2 is 2.27 bits per heavy atom. The molecule has 1 heterocycles. The van der Waals surface area contributed by atoms with Crippen molar-refractivity contribution in [3.8, 4) is 0 Å². The third-order valence-electron chi connectivity index (χ3n) is 3.05. The van der Waals surface area contributed by atoms with E-state index in [1.54, 1.807) is 0 Å². The van der Waals surface area contributed by atoms with Crippen LogP contribution in [0.2, 0.25) is 0 Å². The molecule has 0 bridgehead atoms. The molecule has 3 heteroatoms. The molecule has 1 rings (SSSR count). The van der Waals surface area contributed by atoms with E-state index >= 15 is 0 Å². The van der Waals surface area contributed by atoms with Crippen molar-refractivity contribution >= 4 is 11.8 Å². The quantitative estimate of drug-likeness (QED) is 0.680. The summed E-state index contributed by atoms with van der Waals surface area (Å²) in [6.45, 7) is 9.69. The van der Waals surface area contributed by atoms with Gasteiger partial charge in [0.05, 0.1) is 6.61 Å². The Labute approximate surface area is 98.5 Å². The molecule has 1 atom stereocenters. The zero-order chi connectivity index (χ0) is 11.1. The van der Waals surface area contributed by atoms with Crippen LogP contribution in [-0.4, -0.2) is 37.3 Å². The van der Waals surface area contributed by atoms with Crippen LogP contribution in [0, 0.1) is 5.41 Å². The number of thioether (sulfide) groups is 1. The summed E-state index contributed by atoms with van der Waals surface area (Å²) in [5, 5.41) is 3.57. The molecule has 0 spiro atoms. The monoisotopic (exact) mass is 231 g/mol. The van der Waals surface area contributed by atoms with E-state index in [1.807, 2.05) is 11.8 Å². The molecule has 0 aliphatic carbocycles. The zero-order valence-electron chi connectivity index (χ0n) is 10.3. The Kier molecular flexibility index (Phi) is 6.02. The smallest absolute Gasteiger partial charge is 0.0535 e. The molecule has 0 saturated carbocycles. The van der Waals surface area contributed by atoms with E-state index in [4.69, 9.17) is 4.74 Å². The maximum atomic E-state index is 5.57. The molecule has 1 N–H and O–H groups in total. The van der Waals surface area contributed by atoms with E-state index in [2.05, 4.69) is 26.1 Å². The summed E-state index contributed by atoms with van der Waals surface area (Å²) < 4.78 is 5.57. The normalized spacial score (nSPS) is 26.4. The molecular formula is C12H25NOS. The van der Waals surface area contributed by atoms with Crippen molar-refractivity contribution in [2.24, 2.45) is 5.41 Å². The van der Waals surface area contributed by atoms with Crippen LogP contribution in [0.5, 0.6) is 0 Å². The molecule has 1 unspecified atom stereocenters. The largest absolute Gasteiger partial charge is 0.381 e. The van der Waals surface area contributed by atoms with Crippen LogP contribution in [0.15, 0.2) is 0 Å². The van der Waals surface area contributed by atoms with Gasteiger partial charge in [-0.25, -0.2) is 0 Å². The first-order chi connectivity index (χ1) is 7.18. The third kappa shape index (κ3) is 4.75. The van der Waals surface area contributed by atoms with Gasteiger partial charge in [-0.05, 0) is 24.3 Å². The van der Waals surface area contributed by atoms with Gasteiger partial charge < -0.3 is 10.1 Å². The molecule has 0 aromatic heterocycles. The summed E-state index contributed by atoms with van der Waals surface area (Å²) in [6.07, 6.45) is 2.53. The maximum Gasteiger partial charge on any atom is 0.0535 e. The number of ether oxygens (including phenoxy) is 1. The van der Waals surface area contributed by atoms with Gasteiger partial charge in [0.2, 0.25) is 0 Å². The Morgan fingerprint density at radius 3 is 2.80 bits per heavy atom. The van der Waals surface area contributed by atoms with Crippen LogP contribution in [0.3, 0.4) is 0 Å². The summed E-state index contributed by atoms with van der Waals surface area (Å²) in [4.78, 5) is 0. The minimum atomic E-state index is 0.423. The number of hydrogen-bond donors (Lipinski definition) is 1. The van der Waals surface area contributed by atoms with Crippen LogP contribution in [0.1, 0.15) is 33.6 Å². The summed E-state index contributed by atoms with van der Waals surface area (Å²) in [6, 6.07) is 0.585. The van der Waals surface area contributed by atoms with Gasteiger partial charge in [0, 0.05) is 24.6 Å². The van der Waals surface area contributed by atoms with Gasteiger partial charge in [0.1, 0.15) is 0 Å². The topological polar surface area (TPSA) is 21.3 Å². The van der Waals surface area contributed by atoms with Crippen LogP contribution in [0.25, 0.3) is 0 Å². The standard InChI is InChI=1S/C12H25NOS/c1-4-15-8-6-12(5-7-14-10-12)9-13-11(2)3/h11,13H,4-10H2,1-3H3. The molecule has 1 saturated heterocycles. The molecule has 0 aromatic carbocycles. The van der Waals surface area contributed by atoms with Gasteiger partial charge in [-0.2, -0.15) is 11.8 Å². The highest BCUT2D eigenvalue weighted by Gasteiger charge is 2.34. The van der Waals surface area contributed by atoms with Gasteiger partial charge in [-0.1, -0.05) is 20.8 Å². The van der Waals surface area contributed by atoms with Crippen molar-refractivity contribution in [2.75, 3.05) is 31.3 Å². The van der Waals surface area contributed by atoms with E-state index in [0.717, 1.165) is 19.8 Å². The lowest BCUT2D eigenvalue weighted by molar-refractivity contribution is 0.146. The minimum Gasteiger partial charge on any atom is -0.381 e. The highest BCUT2D eigenvalue weighted by atomic mass is 32.2. The van der Waals surface area contributed by atoms with Crippen LogP contribution >= 0.6 is 11.8 Å². The first kappa shape index (κ1) is 13.3. The van der Waals surface area contributed by atoms with Crippen molar-refractivity contribution < 1.29 is 4.74 Å². The average molecular weight is 231 g/mol. The van der Waals surface area contributed by atoms with Crippen LogP contribution in [0.4, 0.5) is 0 Å². The van der Waals surface area contributed by atoms with Crippen LogP contribution < -0.4 is 5.32 Å². The van der Waals surface area contributed by atoms with Crippen molar-refractivity contribution in [3.63, 3.8) is 0 Å². The number of nitrogens with one attached hydrogen (secondary N) is 1. The van der Waals surface area contributed by atoms with Gasteiger partial charge in [-0.3, -0.25) is 0 Å². The lowest BCUT2D eigenvalue weighted by atomic mass is 9.84. The third-order valence-corrected chi connectivity index (χ3v) is 3.95. The van der Waals surface area contributed by atoms with Gasteiger partial charge >= 0.3 is 0 Å². The van der Waals surface area contributed by atoms with E-state index < -0.39 is 0 Å². The molecule has 0 radical (unpaired) electrons. The van der Waals surface area contributed by atoms with Gasteiger partial charge in [0.15, 0.2) is 0 Å². The molecule has 1 aliphatic heterocycles. The lowest BCUT2D eigenvalue weighted by Gasteiger charge is -2.28. The Hall–Kier alpha value is 0.270. The van der Waals surface area contributed by atoms with E-state index in [9.17, 15) is 0 Å². The second-order valence-electron chi connectivity index (χ2n) is 4.79. The average Bonchev–Trinajstić information content (AvgIpc) is 2.65. The van der Waals surface area contributed by atoms with E-state index in [-0.39, 0.29) is 0 Å². The predicted octanol–water partition coefficient (Wildman–Crippen LogP) is 2.53. The Balaban J connectivity index is 2.32. The van der Waals surface area contributed by atoms with Crippen molar-refractivity contribution in [2.45, 2.75) is 39.7 Å². The Morgan fingerprint density at radius 1 is 1.47 bits per heavy atom. The molecule has 90 valence electrons. The molecule has 0 amide bonds. The molecular weight excluding hydrogens is 206 g/mol. The molecule has 0 aromatic rings. The minimum absolute atomic E-state index is 0.423. The van der Waals surface area contributed by atoms with Gasteiger partial charge in [-0.15, -0.1) is 0 Å². The molecule has 15 heavy (non-hydrogen) atoms. The maximum absolute atomic E-state index is 5.57. The second kappa shape index (κ2) is 6.77. The summed E-state index contributed by atoms with van der Waals surface area (Å²) in [5.74, 6) is 2.51. The lowest BCUT2D eigenvalue weighted by Crippen LogP contribution is -2.38. The van der Waals surface area contributed by atoms with Crippen molar-refractivity contribution in [1.82, 2.24) is 5.32 Å². The predicted molar refractivity (Wildman–Crippen MR) is 68.6 cm³/mol. The van der Waals surface area contributed by atoms with Gasteiger partial charge in [0.25, 0.3) is 0 Å². The van der Waals surface area contributed by atoms with Crippen LogP contribution in [-0.2, 0) is 4.74 Å². The van der Waals surface area contributed by atoms with E-state index in [1.165, 1.54) is 24.3 Å². The van der Waals surface area contributed by atoms with E-state index in [0.29, 0.717) is 11.5 Å². The first-order valence-corrected chi connectivity index (χ1v) is 7.23. The summed E-state index contributed by atoms with van der Waals surface area (Å²) >= 11 is 2.04. The SMILES string of the molecule is CCSCCC1(CNC(C)C)CCOC1. The highest BCUT2D eigenvalue weighted by Crippen LogP contribution is 2.33. The highest BCUT2D eigenvalue weighted by molar-refractivity contribution is 7.99.